The first-order valence-electron chi connectivity index (χ1n) is 29.2. The Morgan fingerprint density at radius 3 is 1.34 bits per heavy atom. The number of benzene rings is 3. The molecule has 7 aromatic rings. The number of alkyl halides is 1. The largest absolute Gasteiger partial charge is 0.508 e. The maximum absolute atomic E-state index is 14.0. The lowest BCUT2D eigenvalue weighted by atomic mass is 10.1. The van der Waals surface area contributed by atoms with Crippen molar-refractivity contribution in [2.75, 3.05) is 66.5 Å². The Kier molecular flexibility index (Phi) is 52.3. The summed E-state index contributed by atoms with van der Waals surface area (Å²) in [7, 11) is 4.87. The number of ether oxygens (including phenoxy) is 7. The van der Waals surface area contributed by atoms with Gasteiger partial charge in [0.15, 0.2) is 11.3 Å². The van der Waals surface area contributed by atoms with E-state index in [4.69, 9.17) is 66.6 Å². The van der Waals surface area contributed by atoms with E-state index in [1.165, 1.54) is 105 Å². The van der Waals surface area contributed by atoms with Crippen molar-refractivity contribution in [2.45, 2.75) is 185 Å². The van der Waals surface area contributed by atoms with Crippen LogP contribution >= 0.6 is 35.6 Å². The lowest BCUT2D eigenvalue weighted by Crippen LogP contribution is -2.36. The molecule has 588 valence electrons. The minimum atomic E-state index is -1.16. The molecule has 3 atom stereocenters. The number of aromatic hydroxyl groups is 1. The highest BCUT2D eigenvalue weighted by molar-refractivity contribution is 6.29. The Hall–Kier alpha value is -8.57. The quantitative estimate of drug-likeness (QED) is 0.0268. The van der Waals surface area contributed by atoms with Crippen molar-refractivity contribution in [2.24, 2.45) is 0 Å². The third-order valence-corrected chi connectivity index (χ3v) is 12.3. The number of phenols is 1. The number of amides is 3. The zero-order chi connectivity index (χ0) is 71.0. The fourth-order valence-electron chi connectivity index (χ4n) is 7.32. The average molecular weight is 1530 g/mol. The second-order valence-corrected chi connectivity index (χ2v) is 24.2. The van der Waals surface area contributed by atoms with Gasteiger partial charge in [0.1, 0.15) is 87.1 Å². The van der Waals surface area contributed by atoms with Crippen molar-refractivity contribution in [1.82, 2.24) is 43.9 Å². The van der Waals surface area contributed by atoms with Gasteiger partial charge in [-0.1, -0.05) is 71.0 Å². The molecule has 7 rings (SSSR count). The normalized spacial score (nSPS) is 11.0. The third kappa shape index (κ3) is 38.0. The maximum atomic E-state index is 14.0. The molecule has 0 aliphatic carbocycles. The van der Waals surface area contributed by atoms with Gasteiger partial charge in [-0.2, -0.15) is 15.2 Å². The standard InChI is InChI=1S/C23H27FN4O6.C16H24FNO4.C9H8ClN3O2.C8H16ClNO2.C8H9FO2.8CH4.ClH/c1-14(33-19-8-9-28-20(26-19)17(13-25-28)21(29)30)16-12-15(24)6-7-18(16)32-11-10-27(5)22(31)34-23(2,3)4;1-11(19)13-10-12(17)6-7-14(13)21-9-8-18(5)15(20)22-16(2,3)4;1-2-15-9(14)6-5-11-13-4-3-7(10)12-8(6)13;1-8(2,3)12-7(11)10(4)6-5-9;1-5(10)7-4-6(9)2-3-8(7)11;;;;;;;;;/h6-9,12-14H,10-11H2,1-5H3,(H,29,30);6-7,10-11,19H,8-9H2,1-5H3;3-5H,2H2,1H3;5-6H2,1-4H3;2-5,10-11H,1H3;8*1H4;1H/t;11-;;;5-;;;;;;;;;/m.1..1........./s1. The minimum absolute atomic E-state index is 0. The summed E-state index contributed by atoms with van der Waals surface area (Å²) in [5.41, 5.74) is 0.196. The molecule has 0 bridgehead atoms. The number of hydrogen-bond acceptors (Lipinski definition) is 19. The Morgan fingerprint density at radius 1 is 0.563 bits per heavy atom. The number of likely N-dealkylation sites (N-methyl/N-ethyl adjacent to an activating group) is 2. The predicted octanol–water partition coefficient (Wildman–Crippen LogP) is 17.8. The molecule has 31 heteroatoms. The first-order chi connectivity index (χ1) is 43.7. The van der Waals surface area contributed by atoms with E-state index >= 15 is 0 Å². The molecule has 25 nitrogen and oxygen atoms in total. The van der Waals surface area contributed by atoms with E-state index in [0.29, 0.717) is 64.6 Å². The van der Waals surface area contributed by atoms with Crippen LogP contribution in [0.15, 0.2) is 91.5 Å². The SMILES string of the molecule is C.C.C.C.C.C.C.C.CC(Oc1ccn2ncc(C(=O)O)c2n1)c1cc(F)ccc1OCCN(C)C(=O)OC(C)(C)C.CCOC(=O)c1cnn2ccc(Cl)nc12.CN(CCCl)C(=O)OC(C)(C)C.C[C@@H](O)c1cc(F)ccc1O.C[C@@H](O)c1cc(F)ccc1OCCN(C)C(=O)OC(C)(C)C.Cl. The molecule has 0 aliphatic heterocycles. The van der Waals surface area contributed by atoms with Crippen molar-refractivity contribution < 1.29 is 90.7 Å². The first kappa shape index (κ1) is 108. The van der Waals surface area contributed by atoms with Gasteiger partial charge in [-0.15, -0.1) is 24.0 Å². The van der Waals surface area contributed by atoms with Crippen LogP contribution in [0.2, 0.25) is 5.15 Å². The minimum Gasteiger partial charge on any atom is -0.508 e. The second-order valence-electron chi connectivity index (χ2n) is 23.5. The number of aromatic nitrogens is 6. The van der Waals surface area contributed by atoms with E-state index in [9.17, 15) is 47.4 Å². The summed E-state index contributed by atoms with van der Waals surface area (Å²) in [6.07, 6.45) is 2.16. The van der Waals surface area contributed by atoms with E-state index in [1.807, 2.05) is 20.8 Å². The highest BCUT2D eigenvalue weighted by Gasteiger charge is 2.24. The topological polar surface area (TPSA) is 301 Å². The van der Waals surface area contributed by atoms with Gasteiger partial charge in [0.2, 0.25) is 5.88 Å². The monoisotopic (exact) mass is 1530 g/mol. The maximum Gasteiger partial charge on any atom is 0.410 e. The number of halogens is 6. The number of carbonyl (C=O) groups is 5. The van der Waals surface area contributed by atoms with Gasteiger partial charge in [-0.3, -0.25) is 0 Å². The molecule has 103 heavy (non-hydrogen) atoms. The Balaban J connectivity index is -0.000000233. The summed E-state index contributed by atoms with van der Waals surface area (Å²) in [6.45, 7) is 24.4. The third-order valence-electron chi connectivity index (χ3n) is 11.9. The van der Waals surface area contributed by atoms with Gasteiger partial charge >= 0.3 is 30.2 Å². The fraction of sp³-hybridized carbons (Fsp3) is 0.514. The number of nitrogens with zero attached hydrogens (tertiary/aromatic N) is 9. The number of aliphatic hydroxyl groups is 2. The zero-order valence-electron chi connectivity index (χ0n) is 55.9. The van der Waals surface area contributed by atoms with Crippen molar-refractivity contribution in [1.29, 1.82) is 0 Å². The molecule has 0 radical (unpaired) electrons. The van der Waals surface area contributed by atoms with Crippen molar-refractivity contribution in [3.8, 4) is 23.1 Å². The molecule has 0 fully saturated rings. The predicted molar refractivity (Wildman–Crippen MR) is 404 cm³/mol. The second kappa shape index (κ2) is 49.9. The van der Waals surface area contributed by atoms with Crippen LogP contribution in [-0.4, -0.2) is 178 Å². The summed E-state index contributed by atoms with van der Waals surface area (Å²) >= 11 is 11.2. The number of aromatic carboxylic acids is 1. The van der Waals surface area contributed by atoms with Crippen LogP contribution in [0.3, 0.4) is 0 Å². The number of carboxylic acids is 1. The van der Waals surface area contributed by atoms with Crippen molar-refractivity contribution in [3.63, 3.8) is 0 Å². The van der Waals surface area contributed by atoms with Crippen LogP contribution in [0, 0.1) is 17.5 Å². The Bertz CT molecular complexity index is 3620. The van der Waals surface area contributed by atoms with E-state index in [1.54, 1.807) is 88.8 Å². The van der Waals surface area contributed by atoms with Gasteiger partial charge in [0.25, 0.3) is 0 Å². The number of fused-ring (bicyclic) bond motifs is 2. The molecule has 0 spiro atoms. The van der Waals surface area contributed by atoms with Crippen LogP contribution in [0.1, 0.15) is 205 Å². The van der Waals surface area contributed by atoms with Crippen LogP contribution < -0.4 is 14.2 Å². The van der Waals surface area contributed by atoms with E-state index < -0.39 is 76.7 Å². The molecule has 4 heterocycles. The Morgan fingerprint density at radius 2 is 0.942 bits per heavy atom. The number of esters is 1. The van der Waals surface area contributed by atoms with Crippen LogP contribution in [0.4, 0.5) is 27.6 Å². The van der Waals surface area contributed by atoms with Gasteiger partial charge in [0.05, 0.1) is 44.3 Å². The molecule has 3 amide bonds. The zero-order valence-corrected chi connectivity index (χ0v) is 58.2. The number of hydrogen-bond donors (Lipinski definition) is 4. The molecule has 0 aliphatic rings. The van der Waals surface area contributed by atoms with E-state index in [0.717, 1.165) is 12.1 Å². The molecule has 4 aromatic heterocycles. The summed E-state index contributed by atoms with van der Waals surface area (Å²) in [5, 5.41) is 45.2. The van der Waals surface area contributed by atoms with E-state index in [2.05, 4.69) is 20.2 Å². The lowest BCUT2D eigenvalue weighted by molar-refractivity contribution is 0.0268. The number of phenolic OH excluding ortho intramolecular Hbond substituents is 1. The molecule has 1 unspecified atom stereocenters. The van der Waals surface area contributed by atoms with E-state index in [-0.39, 0.29) is 126 Å². The van der Waals surface area contributed by atoms with Crippen molar-refractivity contribution >= 4 is 77.1 Å². The highest BCUT2D eigenvalue weighted by atomic mass is 35.5. The highest BCUT2D eigenvalue weighted by Crippen LogP contribution is 2.31. The molecule has 0 saturated heterocycles. The summed E-state index contributed by atoms with van der Waals surface area (Å²) in [5.74, 6) is -1.71. The molecule has 4 N–H and O–H groups in total. The van der Waals surface area contributed by atoms with Crippen LogP contribution in [-0.2, 0) is 18.9 Å². The fourth-order valence-corrected chi connectivity index (χ4v) is 7.71. The number of aliphatic hydroxyl groups excluding tert-OH is 2. The number of rotatable bonds is 18. The van der Waals surface area contributed by atoms with Crippen LogP contribution in [0.25, 0.3) is 11.3 Å². The van der Waals surface area contributed by atoms with Crippen molar-refractivity contribution in [3.05, 3.63) is 142 Å². The molecular weight excluding hydrogens is 1410 g/mol. The van der Waals surface area contributed by atoms with Gasteiger partial charge in [-0.05, 0) is 151 Å². The number of carbonyl (C=O) groups excluding carboxylic acids is 4. The molecule has 0 saturated carbocycles. The number of carboxylic acid groups (broad SMARTS) is 1. The van der Waals surface area contributed by atoms with Gasteiger partial charge in [-0.25, -0.2) is 51.2 Å². The summed E-state index contributed by atoms with van der Waals surface area (Å²) in [4.78, 5) is 70.3. The lowest BCUT2D eigenvalue weighted by Gasteiger charge is -2.25. The summed E-state index contributed by atoms with van der Waals surface area (Å²) < 4.78 is 80.1. The van der Waals surface area contributed by atoms with Gasteiger partial charge in [0, 0.05) is 68.7 Å². The molecule has 3 aromatic carbocycles. The van der Waals surface area contributed by atoms with Gasteiger partial charge < -0.3 is 68.3 Å². The Labute approximate surface area is 624 Å². The first-order valence-corrected chi connectivity index (χ1v) is 30.1. The van der Waals surface area contributed by atoms with Crippen LogP contribution in [0.5, 0.6) is 23.1 Å². The molecular formula is C72H117Cl3F3N9O16. The summed E-state index contributed by atoms with van der Waals surface area (Å²) in [6, 6.07) is 14.6. The average Bonchev–Trinajstić information content (AvgIpc) is 1.69. The smallest absolute Gasteiger partial charge is 0.410 e.